The number of aryl methyl sites for hydroxylation is 1. The Labute approximate surface area is 222 Å². The topological polar surface area (TPSA) is 106 Å². The number of carbonyl (C=O) groups excluding carboxylic acids is 3. The van der Waals surface area contributed by atoms with Crippen molar-refractivity contribution in [2.45, 2.75) is 103 Å². The summed E-state index contributed by atoms with van der Waals surface area (Å²) in [4.78, 5) is 39.8. The van der Waals surface area contributed by atoms with Crippen molar-refractivity contribution in [2.24, 2.45) is 0 Å². The van der Waals surface area contributed by atoms with Crippen LogP contribution in [0.2, 0.25) is 0 Å². The van der Waals surface area contributed by atoms with Crippen molar-refractivity contribution in [2.75, 3.05) is 14.1 Å². The van der Waals surface area contributed by atoms with Crippen LogP contribution in [0.3, 0.4) is 0 Å². The lowest BCUT2D eigenvalue weighted by Crippen LogP contribution is -2.56. The quantitative estimate of drug-likeness (QED) is 0.461. The normalized spacial score (nSPS) is 18.0. The molecule has 0 radical (unpaired) electrons. The van der Waals surface area contributed by atoms with E-state index in [9.17, 15) is 14.4 Å². The van der Waals surface area contributed by atoms with Crippen LogP contribution in [0, 0.1) is 0 Å². The first-order valence-electron chi connectivity index (χ1n) is 12.9. The monoisotopic (exact) mass is 517 g/mol. The summed E-state index contributed by atoms with van der Waals surface area (Å²) in [5.74, 6) is -1.29. The van der Waals surface area contributed by atoms with Gasteiger partial charge in [-0.15, -0.1) is 0 Å². The molecule has 1 aromatic carbocycles. The molecule has 0 aromatic heterocycles. The third-order valence-corrected chi connectivity index (χ3v) is 6.64. The molecule has 2 atom stereocenters. The Bertz CT molecular complexity index is 914. The van der Waals surface area contributed by atoms with Crippen molar-refractivity contribution in [3.8, 4) is 0 Å². The Kier molecular flexibility index (Phi) is 10.2. The molecule has 1 aliphatic heterocycles. The van der Waals surface area contributed by atoms with Crippen molar-refractivity contribution in [1.82, 2.24) is 15.5 Å². The third-order valence-electron chi connectivity index (χ3n) is 6.64. The van der Waals surface area contributed by atoms with Crippen molar-refractivity contribution in [1.29, 1.82) is 0 Å². The van der Waals surface area contributed by atoms with Crippen molar-refractivity contribution < 1.29 is 28.4 Å². The average Bonchev–Trinajstić information content (AvgIpc) is 2.98. The molecule has 1 heterocycles. The highest BCUT2D eigenvalue weighted by molar-refractivity contribution is 6.48. The highest BCUT2D eigenvalue weighted by Crippen LogP contribution is 2.38. The fourth-order valence-corrected chi connectivity index (χ4v) is 3.80. The minimum Gasteiger partial charge on any atom is -0.444 e. The number of amides is 3. The number of alkyl carbamates (subject to hydrolysis) is 1. The molecule has 0 bridgehead atoms. The van der Waals surface area contributed by atoms with Crippen molar-refractivity contribution in [3.63, 3.8) is 0 Å². The molecule has 9 nitrogen and oxygen atoms in total. The molecule has 3 amide bonds. The maximum atomic E-state index is 13.5. The van der Waals surface area contributed by atoms with E-state index in [1.165, 1.54) is 10.5 Å². The first kappa shape index (κ1) is 30.6. The minimum atomic E-state index is -1.12. The van der Waals surface area contributed by atoms with Gasteiger partial charge in [0.2, 0.25) is 11.8 Å². The Balaban J connectivity index is 2.20. The van der Waals surface area contributed by atoms with Gasteiger partial charge in [0.1, 0.15) is 11.6 Å². The van der Waals surface area contributed by atoms with Crippen LogP contribution in [0.1, 0.15) is 73.3 Å². The first-order chi connectivity index (χ1) is 17.0. The lowest BCUT2D eigenvalue weighted by Gasteiger charge is -2.32. The molecule has 2 rings (SSSR count). The smallest absolute Gasteiger partial charge is 0.444 e. The van der Waals surface area contributed by atoms with Crippen molar-refractivity contribution in [3.05, 3.63) is 35.9 Å². The Morgan fingerprint density at radius 1 is 1.00 bits per heavy atom. The van der Waals surface area contributed by atoms with Gasteiger partial charge in [-0.25, -0.2) is 4.79 Å². The number of nitrogens with zero attached hydrogens (tertiary/aromatic N) is 1. The van der Waals surface area contributed by atoms with Crippen LogP contribution < -0.4 is 10.6 Å². The summed E-state index contributed by atoms with van der Waals surface area (Å²) in [7, 11) is 2.51. The van der Waals surface area contributed by atoms with Gasteiger partial charge in [0.15, 0.2) is 0 Å². The van der Waals surface area contributed by atoms with E-state index < -0.39 is 47.9 Å². The molecule has 0 aliphatic carbocycles. The Morgan fingerprint density at radius 3 is 2.08 bits per heavy atom. The molecule has 2 N–H and O–H groups in total. The van der Waals surface area contributed by atoms with Crippen LogP contribution in [0.4, 0.5) is 4.79 Å². The van der Waals surface area contributed by atoms with Gasteiger partial charge in [0.25, 0.3) is 0 Å². The molecule has 0 saturated carbocycles. The number of carbonyl (C=O) groups is 3. The Hall–Kier alpha value is -2.59. The van der Waals surface area contributed by atoms with E-state index in [0.717, 1.165) is 12.8 Å². The summed E-state index contributed by atoms with van der Waals surface area (Å²) < 4.78 is 17.8. The zero-order valence-corrected chi connectivity index (χ0v) is 23.8. The number of ether oxygens (including phenoxy) is 1. The lowest BCUT2D eigenvalue weighted by atomic mass is 9.75. The molecule has 10 heteroatoms. The number of nitrogens with one attached hydrogen (secondary N) is 2. The molecule has 1 aromatic rings. The summed E-state index contributed by atoms with van der Waals surface area (Å²) in [6.45, 7) is 13.0. The molecular formula is C27H44BN3O6. The summed E-state index contributed by atoms with van der Waals surface area (Å²) in [5, 5.41) is 5.57. The lowest BCUT2D eigenvalue weighted by molar-refractivity contribution is -0.133. The van der Waals surface area contributed by atoms with Gasteiger partial charge in [-0.2, -0.15) is 0 Å². The molecule has 37 heavy (non-hydrogen) atoms. The van der Waals surface area contributed by atoms with E-state index in [-0.39, 0.29) is 12.3 Å². The van der Waals surface area contributed by atoms with E-state index in [2.05, 4.69) is 22.8 Å². The van der Waals surface area contributed by atoms with Gasteiger partial charge in [0, 0.05) is 14.1 Å². The van der Waals surface area contributed by atoms with E-state index in [0.29, 0.717) is 6.42 Å². The number of rotatable bonds is 10. The highest BCUT2D eigenvalue weighted by Gasteiger charge is 2.54. The third kappa shape index (κ3) is 9.34. The van der Waals surface area contributed by atoms with Gasteiger partial charge < -0.3 is 29.6 Å². The summed E-state index contributed by atoms with van der Waals surface area (Å²) in [5.41, 5.74) is -0.702. The molecule has 1 fully saturated rings. The van der Waals surface area contributed by atoms with Crippen LogP contribution in [-0.2, 0) is 30.1 Å². The summed E-state index contributed by atoms with van der Waals surface area (Å²) >= 11 is 0. The molecular weight excluding hydrogens is 473 g/mol. The average molecular weight is 517 g/mol. The van der Waals surface area contributed by atoms with E-state index in [1.54, 1.807) is 34.9 Å². The Morgan fingerprint density at radius 2 is 1.57 bits per heavy atom. The number of benzene rings is 1. The van der Waals surface area contributed by atoms with Gasteiger partial charge in [0.05, 0.1) is 23.6 Å². The standard InChI is InChI=1S/C27H44BN3O6/c1-25(2,3)35-24(34)29-20(18-22(32)31(8)9)23(33)30-21(17-13-16-19-14-11-10-12-15-19)28-36-26(4,5)27(6,7)37-28/h10-12,14-15,20-21H,13,16-18H2,1-9H3,(H,29,34)(H,30,33)/t20-,21+/m1/s1. The second-order valence-electron chi connectivity index (χ2n) is 11.8. The fraction of sp³-hybridized carbons (Fsp3) is 0.667. The first-order valence-corrected chi connectivity index (χ1v) is 12.9. The zero-order chi connectivity index (χ0) is 28.0. The molecule has 1 aliphatic rings. The molecule has 206 valence electrons. The summed E-state index contributed by atoms with van der Waals surface area (Å²) in [6.07, 6.45) is 1.21. The predicted molar refractivity (Wildman–Crippen MR) is 144 cm³/mol. The minimum absolute atomic E-state index is 0.210. The largest absolute Gasteiger partial charge is 0.481 e. The van der Waals surface area contributed by atoms with Crippen LogP contribution in [0.5, 0.6) is 0 Å². The van der Waals surface area contributed by atoms with Crippen LogP contribution in [0.25, 0.3) is 0 Å². The fourth-order valence-electron chi connectivity index (χ4n) is 3.80. The van der Waals surface area contributed by atoms with E-state index in [4.69, 9.17) is 14.0 Å². The van der Waals surface area contributed by atoms with Crippen LogP contribution >= 0.6 is 0 Å². The maximum Gasteiger partial charge on any atom is 0.481 e. The SMILES string of the molecule is CN(C)C(=O)C[C@@H](NC(=O)OC(C)(C)C)C(=O)N[C@@H](CCCc1ccccc1)B1OC(C)(C)C(C)(C)O1. The second-order valence-corrected chi connectivity index (χ2v) is 11.8. The van der Waals surface area contributed by atoms with E-state index >= 15 is 0 Å². The number of hydrogen-bond donors (Lipinski definition) is 2. The second kappa shape index (κ2) is 12.3. The molecule has 0 unspecified atom stereocenters. The van der Waals surface area contributed by atoms with Gasteiger partial charge >= 0.3 is 13.2 Å². The zero-order valence-electron chi connectivity index (χ0n) is 23.8. The van der Waals surface area contributed by atoms with Crippen molar-refractivity contribution >= 4 is 25.0 Å². The van der Waals surface area contributed by atoms with Gasteiger partial charge in [-0.3, -0.25) is 9.59 Å². The maximum absolute atomic E-state index is 13.5. The number of hydrogen-bond acceptors (Lipinski definition) is 6. The van der Waals surface area contributed by atoms with Crippen LogP contribution in [-0.4, -0.2) is 72.8 Å². The highest BCUT2D eigenvalue weighted by atomic mass is 16.7. The molecule has 1 saturated heterocycles. The summed E-state index contributed by atoms with van der Waals surface area (Å²) in [6, 6.07) is 8.98. The van der Waals surface area contributed by atoms with Gasteiger partial charge in [-0.1, -0.05) is 30.3 Å². The van der Waals surface area contributed by atoms with Gasteiger partial charge in [-0.05, 0) is 73.3 Å². The predicted octanol–water partition coefficient (Wildman–Crippen LogP) is 3.50. The van der Waals surface area contributed by atoms with E-state index in [1.807, 2.05) is 45.9 Å². The van der Waals surface area contributed by atoms with Crippen LogP contribution in [0.15, 0.2) is 30.3 Å². The molecule has 0 spiro atoms.